The van der Waals surface area contributed by atoms with E-state index in [1.54, 1.807) is 11.1 Å². The Morgan fingerprint density at radius 3 is 2.83 bits per heavy atom. The SMILES string of the molecule is CN(Cc1ccccn1)C(=O)NC1CCCCC1. The molecule has 1 heterocycles. The second kappa shape index (κ2) is 6.38. The van der Waals surface area contributed by atoms with Crippen molar-refractivity contribution in [2.45, 2.75) is 44.7 Å². The van der Waals surface area contributed by atoms with Gasteiger partial charge in [-0.25, -0.2) is 4.79 Å². The minimum atomic E-state index is 0.00699. The molecule has 1 aliphatic rings. The molecule has 1 N–H and O–H groups in total. The van der Waals surface area contributed by atoms with Crippen molar-refractivity contribution in [1.29, 1.82) is 0 Å². The van der Waals surface area contributed by atoms with E-state index in [-0.39, 0.29) is 6.03 Å². The van der Waals surface area contributed by atoms with Crippen molar-refractivity contribution in [1.82, 2.24) is 15.2 Å². The third-order valence-electron chi connectivity index (χ3n) is 3.40. The van der Waals surface area contributed by atoms with Crippen LogP contribution in [0.3, 0.4) is 0 Å². The van der Waals surface area contributed by atoms with Gasteiger partial charge in [0.2, 0.25) is 0 Å². The van der Waals surface area contributed by atoms with Gasteiger partial charge in [-0.3, -0.25) is 4.98 Å². The zero-order chi connectivity index (χ0) is 12.8. The van der Waals surface area contributed by atoms with Crippen molar-refractivity contribution in [3.05, 3.63) is 30.1 Å². The lowest BCUT2D eigenvalue weighted by atomic mass is 9.96. The van der Waals surface area contributed by atoms with Crippen molar-refractivity contribution >= 4 is 6.03 Å². The van der Waals surface area contributed by atoms with Gasteiger partial charge in [0.05, 0.1) is 12.2 Å². The Balaban J connectivity index is 1.81. The van der Waals surface area contributed by atoms with Crippen LogP contribution in [-0.4, -0.2) is 29.0 Å². The highest BCUT2D eigenvalue weighted by Crippen LogP contribution is 2.17. The highest BCUT2D eigenvalue weighted by molar-refractivity contribution is 5.74. The number of hydrogen-bond donors (Lipinski definition) is 1. The van der Waals surface area contributed by atoms with Crippen molar-refractivity contribution in [3.8, 4) is 0 Å². The molecule has 0 saturated heterocycles. The summed E-state index contributed by atoms with van der Waals surface area (Å²) in [7, 11) is 1.81. The Bertz CT molecular complexity index is 374. The van der Waals surface area contributed by atoms with Crippen LogP contribution in [-0.2, 0) is 6.54 Å². The lowest BCUT2D eigenvalue weighted by Gasteiger charge is -2.26. The number of amides is 2. The van der Waals surface area contributed by atoms with Crippen LogP contribution in [0.4, 0.5) is 4.79 Å². The molecule has 0 radical (unpaired) electrons. The molecule has 2 amide bonds. The normalized spacial score (nSPS) is 16.3. The summed E-state index contributed by atoms with van der Waals surface area (Å²) < 4.78 is 0. The summed E-state index contributed by atoms with van der Waals surface area (Å²) in [5, 5.41) is 3.10. The quantitative estimate of drug-likeness (QED) is 0.892. The van der Waals surface area contributed by atoms with Crippen molar-refractivity contribution in [2.24, 2.45) is 0 Å². The molecule has 1 aliphatic carbocycles. The average molecular weight is 247 g/mol. The Kier molecular flexibility index (Phi) is 4.56. The van der Waals surface area contributed by atoms with E-state index in [9.17, 15) is 4.79 Å². The fraction of sp³-hybridized carbons (Fsp3) is 0.571. The molecule has 0 aromatic carbocycles. The summed E-state index contributed by atoms with van der Waals surface area (Å²) in [4.78, 5) is 17.9. The van der Waals surface area contributed by atoms with Gasteiger partial charge in [-0.1, -0.05) is 25.3 Å². The van der Waals surface area contributed by atoms with E-state index in [1.807, 2.05) is 25.2 Å². The molecule has 0 unspecified atom stereocenters. The summed E-state index contributed by atoms with van der Waals surface area (Å²) in [6.45, 7) is 0.555. The largest absolute Gasteiger partial charge is 0.335 e. The van der Waals surface area contributed by atoms with Crippen molar-refractivity contribution in [2.75, 3.05) is 7.05 Å². The van der Waals surface area contributed by atoms with Crippen molar-refractivity contribution < 1.29 is 4.79 Å². The maximum atomic E-state index is 12.0. The van der Waals surface area contributed by atoms with Crippen LogP contribution in [0, 0.1) is 0 Å². The van der Waals surface area contributed by atoms with Gasteiger partial charge in [-0.15, -0.1) is 0 Å². The first-order valence-electron chi connectivity index (χ1n) is 6.67. The molecule has 1 saturated carbocycles. The summed E-state index contributed by atoms with van der Waals surface area (Å²) in [6.07, 6.45) is 7.74. The number of carbonyl (C=O) groups is 1. The highest BCUT2D eigenvalue weighted by atomic mass is 16.2. The van der Waals surface area contributed by atoms with Gasteiger partial charge >= 0.3 is 6.03 Å². The van der Waals surface area contributed by atoms with Gasteiger partial charge in [0.15, 0.2) is 0 Å². The van der Waals surface area contributed by atoms with Crippen LogP contribution in [0.15, 0.2) is 24.4 Å². The van der Waals surface area contributed by atoms with E-state index in [4.69, 9.17) is 0 Å². The van der Waals surface area contributed by atoms with Crippen LogP contribution in [0.1, 0.15) is 37.8 Å². The second-order valence-corrected chi connectivity index (χ2v) is 4.96. The Hall–Kier alpha value is -1.58. The number of rotatable bonds is 3. The predicted molar refractivity (Wildman–Crippen MR) is 71.1 cm³/mol. The van der Waals surface area contributed by atoms with E-state index < -0.39 is 0 Å². The third-order valence-corrected chi connectivity index (χ3v) is 3.40. The molecule has 4 heteroatoms. The van der Waals surface area contributed by atoms with Gasteiger partial charge in [-0.05, 0) is 25.0 Å². The van der Waals surface area contributed by atoms with Crippen LogP contribution in [0.25, 0.3) is 0 Å². The Morgan fingerprint density at radius 2 is 2.17 bits per heavy atom. The van der Waals surface area contributed by atoms with Gasteiger partial charge in [0.25, 0.3) is 0 Å². The molecule has 4 nitrogen and oxygen atoms in total. The first-order valence-corrected chi connectivity index (χ1v) is 6.67. The number of carbonyl (C=O) groups excluding carboxylic acids is 1. The zero-order valence-electron chi connectivity index (χ0n) is 10.9. The topological polar surface area (TPSA) is 45.2 Å². The predicted octanol–water partition coefficient (Wildman–Crippen LogP) is 2.56. The summed E-state index contributed by atoms with van der Waals surface area (Å²) in [6, 6.07) is 6.12. The number of hydrogen-bond acceptors (Lipinski definition) is 2. The number of urea groups is 1. The molecule has 0 aliphatic heterocycles. The van der Waals surface area contributed by atoms with Gasteiger partial charge < -0.3 is 10.2 Å². The molecule has 2 rings (SSSR count). The monoisotopic (exact) mass is 247 g/mol. The molecule has 1 aromatic heterocycles. The fourth-order valence-corrected chi connectivity index (χ4v) is 2.34. The lowest BCUT2D eigenvalue weighted by molar-refractivity contribution is 0.198. The van der Waals surface area contributed by atoms with Crippen LogP contribution < -0.4 is 5.32 Å². The number of nitrogens with one attached hydrogen (secondary N) is 1. The van der Waals surface area contributed by atoms with E-state index in [0.717, 1.165) is 18.5 Å². The maximum absolute atomic E-state index is 12.0. The van der Waals surface area contributed by atoms with E-state index in [0.29, 0.717) is 12.6 Å². The second-order valence-electron chi connectivity index (χ2n) is 4.96. The standard InChI is InChI=1S/C14H21N3O/c1-17(11-13-9-5-6-10-15-13)14(18)16-12-7-3-2-4-8-12/h5-6,9-10,12H,2-4,7-8,11H2,1H3,(H,16,18). The van der Waals surface area contributed by atoms with E-state index >= 15 is 0 Å². The minimum Gasteiger partial charge on any atom is -0.335 e. The summed E-state index contributed by atoms with van der Waals surface area (Å²) in [5.41, 5.74) is 0.916. The van der Waals surface area contributed by atoms with Gasteiger partial charge in [0, 0.05) is 19.3 Å². The Labute approximate surface area is 108 Å². The van der Waals surface area contributed by atoms with Crippen molar-refractivity contribution in [3.63, 3.8) is 0 Å². The Morgan fingerprint density at radius 1 is 1.39 bits per heavy atom. The fourth-order valence-electron chi connectivity index (χ4n) is 2.34. The molecule has 18 heavy (non-hydrogen) atoms. The number of nitrogens with zero attached hydrogens (tertiary/aromatic N) is 2. The third kappa shape index (κ3) is 3.72. The molecule has 98 valence electrons. The van der Waals surface area contributed by atoms with E-state index in [1.165, 1.54) is 19.3 Å². The first kappa shape index (κ1) is 12.9. The molecule has 0 atom stereocenters. The zero-order valence-corrected chi connectivity index (χ0v) is 10.9. The van der Waals surface area contributed by atoms with Crippen LogP contribution >= 0.6 is 0 Å². The van der Waals surface area contributed by atoms with E-state index in [2.05, 4.69) is 10.3 Å². The summed E-state index contributed by atoms with van der Waals surface area (Å²) in [5.74, 6) is 0. The highest BCUT2D eigenvalue weighted by Gasteiger charge is 2.17. The van der Waals surface area contributed by atoms with Gasteiger partial charge in [-0.2, -0.15) is 0 Å². The smallest absolute Gasteiger partial charge is 0.317 e. The number of aromatic nitrogens is 1. The molecule has 0 spiro atoms. The maximum Gasteiger partial charge on any atom is 0.317 e. The minimum absolute atomic E-state index is 0.00699. The molecule has 1 aromatic rings. The molecule has 0 bridgehead atoms. The van der Waals surface area contributed by atoms with Crippen LogP contribution in [0.2, 0.25) is 0 Å². The van der Waals surface area contributed by atoms with Crippen LogP contribution in [0.5, 0.6) is 0 Å². The molecule has 1 fully saturated rings. The average Bonchev–Trinajstić information content (AvgIpc) is 2.41. The number of pyridine rings is 1. The van der Waals surface area contributed by atoms with Gasteiger partial charge in [0.1, 0.15) is 0 Å². The lowest BCUT2D eigenvalue weighted by Crippen LogP contribution is -2.43. The molecular formula is C14H21N3O. The molecular weight excluding hydrogens is 226 g/mol. The first-order chi connectivity index (χ1) is 8.75. The summed E-state index contributed by atoms with van der Waals surface area (Å²) >= 11 is 0.